The fourth-order valence-electron chi connectivity index (χ4n) is 3.49. The Morgan fingerprint density at radius 1 is 1.09 bits per heavy atom. The van der Waals surface area contributed by atoms with E-state index < -0.39 is 17.9 Å². The first kappa shape index (κ1) is 22.8. The number of esters is 1. The number of carbonyl (C=O) groups is 4. The molecule has 2 aromatic rings. The first-order valence-electron chi connectivity index (χ1n) is 10.2. The number of hydrogen-bond donors (Lipinski definition) is 4. The van der Waals surface area contributed by atoms with E-state index in [2.05, 4.69) is 16.0 Å². The highest BCUT2D eigenvalue weighted by Crippen LogP contribution is 2.19. The van der Waals surface area contributed by atoms with Crippen LogP contribution in [0.25, 0.3) is 0 Å². The van der Waals surface area contributed by atoms with Gasteiger partial charge in [-0.1, -0.05) is 24.3 Å². The molecule has 9 nitrogen and oxygen atoms in total. The minimum Gasteiger partial charge on any atom is -0.508 e. The molecule has 0 bridgehead atoms. The van der Waals surface area contributed by atoms with Gasteiger partial charge >= 0.3 is 12.0 Å². The first-order chi connectivity index (χ1) is 15.3. The lowest BCUT2D eigenvalue weighted by Gasteiger charge is -2.16. The Kier molecular flexibility index (Phi) is 7.43. The molecule has 1 saturated heterocycles. The zero-order chi connectivity index (χ0) is 23.1. The van der Waals surface area contributed by atoms with Gasteiger partial charge < -0.3 is 20.5 Å². The third kappa shape index (κ3) is 6.31. The maximum atomic E-state index is 12.3. The molecule has 0 saturated carbocycles. The predicted molar refractivity (Wildman–Crippen MR) is 116 cm³/mol. The summed E-state index contributed by atoms with van der Waals surface area (Å²) in [6.45, 7) is 0.0717. The average Bonchev–Trinajstić information content (AvgIpc) is 3.09. The van der Waals surface area contributed by atoms with Gasteiger partial charge in [-0.05, 0) is 48.2 Å². The van der Waals surface area contributed by atoms with Crippen LogP contribution < -0.4 is 16.0 Å². The molecule has 4 N–H and O–H groups in total. The Balaban J connectivity index is 1.51. The van der Waals surface area contributed by atoms with Crippen LogP contribution in [0, 0.1) is 11.8 Å². The number of phenols is 1. The molecule has 0 aliphatic carbocycles. The van der Waals surface area contributed by atoms with Gasteiger partial charge in [0.25, 0.3) is 0 Å². The highest BCUT2D eigenvalue weighted by atomic mass is 16.5. The van der Waals surface area contributed by atoms with E-state index >= 15 is 0 Å². The van der Waals surface area contributed by atoms with Crippen molar-refractivity contribution < 1.29 is 29.0 Å². The average molecular weight is 439 g/mol. The van der Waals surface area contributed by atoms with Gasteiger partial charge in [0.1, 0.15) is 5.75 Å². The van der Waals surface area contributed by atoms with Crippen molar-refractivity contribution in [2.75, 3.05) is 19.0 Å². The molecule has 1 aliphatic rings. The molecule has 32 heavy (non-hydrogen) atoms. The summed E-state index contributed by atoms with van der Waals surface area (Å²) in [5.74, 6) is -1.79. The van der Waals surface area contributed by atoms with Gasteiger partial charge in [-0.15, -0.1) is 0 Å². The number of hydrogen-bond acceptors (Lipinski definition) is 6. The van der Waals surface area contributed by atoms with Crippen molar-refractivity contribution in [2.24, 2.45) is 11.8 Å². The van der Waals surface area contributed by atoms with Gasteiger partial charge in [-0.25, -0.2) is 4.79 Å². The second-order valence-electron chi connectivity index (χ2n) is 7.64. The maximum absolute atomic E-state index is 12.3. The summed E-state index contributed by atoms with van der Waals surface area (Å²) >= 11 is 0. The standard InChI is InChI=1S/C23H25N3O6/c1-32-22(30)17(11-15-4-8-19(27)9-5-15)13-24-23(31)25-18-6-2-14(3-7-18)10-16-12-20(28)26-21(16)29/h2-9,16-17,27H,10-13H2,1H3,(H2,24,25,31)(H,26,28,29). The molecule has 0 spiro atoms. The van der Waals surface area contributed by atoms with Crippen molar-refractivity contribution in [3.05, 3.63) is 59.7 Å². The summed E-state index contributed by atoms with van der Waals surface area (Å²) in [4.78, 5) is 47.3. The van der Waals surface area contributed by atoms with Crippen LogP contribution in [0.2, 0.25) is 0 Å². The summed E-state index contributed by atoms with van der Waals surface area (Å²) in [6, 6.07) is 13.0. The molecule has 4 amide bonds. The lowest BCUT2D eigenvalue weighted by atomic mass is 9.98. The van der Waals surface area contributed by atoms with Crippen molar-refractivity contribution >= 4 is 29.5 Å². The molecule has 0 aromatic heterocycles. The number of aromatic hydroxyl groups is 1. The van der Waals surface area contributed by atoms with E-state index in [1.54, 1.807) is 36.4 Å². The molecule has 0 radical (unpaired) electrons. The molecule has 168 valence electrons. The second-order valence-corrected chi connectivity index (χ2v) is 7.64. The number of nitrogens with one attached hydrogen (secondary N) is 3. The molecule has 3 rings (SSSR count). The molecule has 9 heteroatoms. The van der Waals surface area contributed by atoms with Crippen LogP contribution in [-0.4, -0.2) is 42.6 Å². The van der Waals surface area contributed by atoms with Gasteiger partial charge in [-0.2, -0.15) is 0 Å². The molecule has 1 aliphatic heterocycles. The van der Waals surface area contributed by atoms with E-state index in [0.29, 0.717) is 18.5 Å². The highest BCUT2D eigenvalue weighted by Gasteiger charge is 2.30. The Morgan fingerprint density at radius 2 is 1.75 bits per heavy atom. The van der Waals surface area contributed by atoms with E-state index in [1.165, 1.54) is 19.2 Å². The Labute approximate surface area is 185 Å². The number of rotatable bonds is 8. The molecule has 2 atom stereocenters. The third-order valence-corrected chi connectivity index (χ3v) is 5.22. The van der Waals surface area contributed by atoms with Crippen molar-refractivity contribution in [3.8, 4) is 5.75 Å². The number of anilines is 1. The molecule has 1 heterocycles. The topological polar surface area (TPSA) is 134 Å². The van der Waals surface area contributed by atoms with Crippen molar-refractivity contribution in [1.82, 2.24) is 10.6 Å². The summed E-state index contributed by atoms with van der Waals surface area (Å²) in [5, 5.41) is 17.0. The summed E-state index contributed by atoms with van der Waals surface area (Å²) in [5.41, 5.74) is 2.26. The lowest BCUT2D eigenvalue weighted by Crippen LogP contribution is -2.37. The Bertz CT molecular complexity index is 988. The van der Waals surface area contributed by atoms with E-state index in [4.69, 9.17) is 4.74 Å². The fourth-order valence-corrected chi connectivity index (χ4v) is 3.49. The molecule has 1 fully saturated rings. The van der Waals surface area contributed by atoms with Crippen LogP contribution in [-0.2, 0) is 32.0 Å². The highest BCUT2D eigenvalue weighted by molar-refractivity contribution is 6.03. The van der Waals surface area contributed by atoms with Gasteiger partial charge in [-0.3, -0.25) is 19.7 Å². The minimum absolute atomic E-state index is 0.0717. The number of benzene rings is 2. The number of phenolic OH excluding ortho intramolecular Hbond substituents is 1. The van der Waals surface area contributed by atoms with Crippen molar-refractivity contribution in [3.63, 3.8) is 0 Å². The minimum atomic E-state index is -0.585. The summed E-state index contributed by atoms with van der Waals surface area (Å²) in [6.07, 6.45) is 0.980. The van der Waals surface area contributed by atoms with Gasteiger partial charge in [0.2, 0.25) is 11.8 Å². The predicted octanol–water partition coefficient (Wildman–Crippen LogP) is 1.75. The SMILES string of the molecule is COC(=O)C(CNC(=O)Nc1ccc(CC2CC(=O)NC2=O)cc1)Cc1ccc(O)cc1. The maximum Gasteiger partial charge on any atom is 0.319 e. The molecular formula is C23H25N3O6. The van der Waals surface area contributed by atoms with Gasteiger partial charge in [0.15, 0.2) is 0 Å². The number of methoxy groups -OCH3 is 1. The van der Waals surface area contributed by atoms with Crippen LogP contribution in [0.3, 0.4) is 0 Å². The number of imide groups is 1. The normalized spacial score (nSPS) is 16.2. The number of urea groups is 1. The molecule has 2 unspecified atom stereocenters. The largest absolute Gasteiger partial charge is 0.508 e. The number of amides is 4. The fraction of sp³-hybridized carbons (Fsp3) is 0.304. The first-order valence-corrected chi connectivity index (χ1v) is 10.2. The quantitative estimate of drug-likeness (QED) is 0.366. The van der Waals surface area contributed by atoms with Crippen LogP contribution in [0.4, 0.5) is 10.5 Å². The zero-order valence-electron chi connectivity index (χ0n) is 17.6. The molecular weight excluding hydrogens is 414 g/mol. The smallest absolute Gasteiger partial charge is 0.319 e. The van der Waals surface area contributed by atoms with Gasteiger partial charge in [0, 0.05) is 18.7 Å². The second kappa shape index (κ2) is 10.4. The number of ether oxygens (including phenoxy) is 1. The Morgan fingerprint density at radius 3 is 2.34 bits per heavy atom. The molecule has 2 aromatic carbocycles. The van der Waals surface area contributed by atoms with E-state index in [-0.39, 0.29) is 36.4 Å². The summed E-state index contributed by atoms with van der Waals surface area (Å²) < 4.78 is 4.83. The van der Waals surface area contributed by atoms with Crippen LogP contribution in [0.15, 0.2) is 48.5 Å². The Hall–Kier alpha value is -3.88. The summed E-state index contributed by atoms with van der Waals surface area (Å²) in [7, 11) is 1.29. The zero-order valence-corrected chi connectivity index (χ0v) is 17.6. The van der Waals surface area contributed by atoms with Crippen molar-refractivity contribution in [1.29, 1.82) is 0 Å². The third-order valence-electron chi connectivity index (χ3n) is 5.22. The van der Waals surface area contributed by atoms with Crippen LogP contribution in [0.5, 0.6) is 5.75 Å². The van der Waals surface area contributed by atoms with Gasteiger partial charge in [0.05, 0.1) is 18.9 Å². The van der Waals surface area contributed by atoms with Crippen molar-refractivity contribution in [2.45, 2.75) is 19.3 Å². The van der Waals surface area contributed by atoms with E-state index in [9.17, 15) is 24.3 Å². The monoisotopic (exact) mass is 439 g/mol. The van der Waals surface area contributed by atoms with Crippen LogP contribution >= 0.6 is 0 Å². The van der Waals surface area contributed by atoms with E-state index in [1.807, 2.05) is 0 Å². The van der Waals surface area contributed by atoms with Crippen LogP contribution in [0.1, 0.15) is 17.5 Å². The van der Waals surface area contributed by atoms with E-state index in [0.717, 1.165) is 11.1 Å². The number of carbonyl (C=O) groups excluding carboxylic acids is 4. The lowest BCUT2D eigenvalue weighted by molar-refractivity contribution is -0.145.